The molecule has 1 N–H and O–H groups in total. The van der Waals surface area contributed by atoms with Gasteiger partial charge in [-0.3, -0.25) is 4.79 Å². The Kier molecular flexibility index (Phi) is 4.79. The number of amides is 2. The minimum absolute atomic E-state index is 0.120. The summed E-state index contributed by atoms with van der Waals surface area (Å²) in [6.45, 7) is 1.04. The van der Waals surface area contributed by atoms with Crippen LogP contribution in [0.15, 0.2) is 54.6 Å². The Bertz CT molecular complexity index is 730. The highest BCUT2D eigenvalue weighted by Gasteiger charge is 2.27. The van der Waals surface area contributed by atoms with Crippen LogP contribution in [-0.4, -0.2) is 43.1 Å². The molecule has 2 aromatic rings. The number of likely N-dealkylation sites (N-methyl/N-ethyl adjacent to an activating group) is 1. The summed E-state index contributed by atoms with van der Waals surface area (Å²) >= 11 is 0. The number of carbonyl (C=O) groups is 2. The molecule has 1 unspecified atom stereocenters. The van der Waals surface area contributed by atoms with Crippen molar-refractivity contribution in [2.24, 2.45) is 0 Å². The number of nitrogens with one attached hydrogen (secondary N) is 1. The Hall–Kier alpha value is -2.82. The lowest BCUT2D eigenvalue weighted by Gasteiger charge is -2.10. The van der Waals surface area contributed by atoms with Crippen molar-refractivity contribution >= 4 is 12.0 Å². The van der Waals surface area contributed by atoms with E-state index >= 15 is 0 Å². The molecule has 3 rings (SSSR count). The van der Waals surface area contributed by atoms with Gasteiger partial charge in [-0.2, -0.15) is 0 Å². The zero-order valence-corrected chi connectivity index (χ0v) is 13.6. The largest absolute Gasteiger partial charge is 0.444 e. The van der Waals surface area contributed by atoms with E-state index in [0.717, 1.165) is 11.1 Å². The van der Waals surface area contributed by atoms with E-state index in [4.69, 9.17) is 4.74 Å². The van der Waals surface area contributed by atoms with Gasteiger partial charge in [0.05, 0.1) is 6.54 Å². The van der Waals surface area contributed by atoms with Gasteiger partial charge in [-0.15, -0.1) is 0 Å². The molecule has 5 nitrogen and oxygen atoms in total. The van der Waals surface area contributed by atoms with Gasteiger partial charge in [0.15, 0.2) is 0 Å². The second-order valence-corrected chi connectivity index (χ2v) is 5.88. The second kappa shape index (κ2) is 7.17. The smallest absolute Gasteiger partial charge is 0.409 e. The van der Waals surface area contributed by atoms with Crippen molar-refractivity contribution in [3.63, 3.8) is 0 Å². The summed E-state index contributed by atoms with van der Waals surface area (Å²) in [4.78, 5) is 25.1. The van der Waals surface area contributed by atoms with E-state index in [-0.39, 0.29) is 18.1 Å². The molecule has 24 heavy (non-hydrogen) atoms. The Labute approximate surface area is 141 Å². The number of carbonyl (C=O) groups excluding carboxylic acids is 2. The number of rotatable bonds is 5. The Balaban J connectivity index is 1.57. The normalized spacial score (nSPS) is 16.8. The van der Waals surface area contributed by atoms with Crippen LogP contribution in [0, 0.1) is 0 Å². The molecule has 0 spiro atoms. The quantitative estimate of drug-likeness (QED) is 0.920. The third kappa shape index (κ3) is 3.74. The van der Waals surface area contributed by atoms with Crippen LogP contribution in [0.4, 0.5) is 4.79 Å². The van der Waals surface area contributed by atoms with E-state index in [0.29, 0.717) is 25.1 Å². The highest BCUT2D eigenvalue weighted by atomic mass is 16.6. The third-order valence-corrected chi connectivity index (χ3v) is 4.04. The van der Waals surface area contributed by atoms with Gasteiger partial charge >= 0.3 is 6.09 Å². The van der Waals surface area contributed by atoms with E-state index in [9.17, 15) is 9.59 Å². The molecule has 1 aliphatic rings. The minimum atomic E-state index is -0.304. The molecule has 0 aliphatic carbocycles. The van der Waals surface area contributed by atoms with Crippen molar-refractivity contribution in [1.29, 1.82) is 0 Å². The van der Waals surface area contributed by atoms with Gasteiger partial charge in [-0.25, -0.2) is 4.79 Å². The van der Waals surface area contributed by atoms with Crippen LogP contribution in [0.25, 0.3) is 11.1 Å². The third-order valence-electron chi connectivity index (χ3n) is 4.04. The molecule has 2 amide bonds. The lowest BCUT2D eigenvalue weighted by atomic mass is 10.0. The van der Waals surface area contributed by atoms with Crippen molar-refractivity contribution in [1.82, 2.24) is 10.2 Å². The molecular formula is C19H20N2O3. The highest BCUT2D eigenvalue weighted by molar-refractivity contribution is 5.95. The summed E-state index contributed by atoms with van der Waals surface area (Å²) in [6, 6.07) is 17.5. The van der Waals surface area contributed by atoms with Crippen LogP contribution in [0.2, 0.25) is 0 Å². The molecule has 124 valence electrons. The molecule has 1 saturated heterocycles. The standard InChI is InChI=1S/C19H20N2O3/c1-21-13-17(24-19(21)23)10-11-20-18(22)16-9-5-8-15(12-16)14-6-3-2-4-7-14/h2-9,12,17H,10-11,13H2,1H3,(H,20,22). The van der Waals surface area contributed by atoms with Gasteiger partial charge in [-0.05, 0) is 23.3 Å². The van der Waals surface area contributed by atoms with Gasteiger partial charge in [-0.1, -0.05) is 42.5 Å². The van der Waals surface area contributed by atoms with Crippen molar-refractivity contribution in [3.8, 4) is 11.1 Å². The average Bonchev–Trinajstić information content (AvgIpc) is 2.93. The molecule has 0 saturated carbocycles. The first-order valence-corrected chi connectivity index (χ1v) is 7.99. The maximum absolute atomic E-state index is 12.3. The fourth-order valence-electron chi connectivity index (χ4n) is 2.72. The molecule has 1 fully saturated rings. The Morgan fingerprint density at radius 1 is 1.17 bits per heavy atom. The van der Waals surface area contributed by atoms with E-state index in [2.05, 4.69) is 5.32 Å². The number of nitrogens with zero attached hydrogens (tertiary/aromatic N) is 1. The van der Waals surface area contributed by atoms with Crippen molar-refractivity contribution in [3.05, 3.63) is 60.2 Å². The zero-order valence-electron chi connectivity index (χ0n) is 13.6. The molecule has 5 heteroatoms. The molecule has 0 bridgehead atoms. The summed E-state index contributed by atoms with van der Waals surface area (Å²) in [5, 5.41) is 2.89. The molecule has 1 atom stereocenters. The van der Waals surface area contributed by atoms with Gasteiger partial charge in [0.25, 0.3) is 5.91 Å². The predicted molar refractivity (Wildman–Crippen MR) is 91.7 cm³/mol. The monoisotopic (exact) mass is 324 g/mol. The minimum Gasteiger partial charge on any atom is -0.444 e. The van der Waals surface area contributed by atoms with Crippen LogP contribution < -0.4 is 5.32 Å². The highest BCUT2D eigenvalue weighted by Crippen LogP contribution is 2.20. The second-order valence-electron chi connectivity index (χ2n) is 5.88. The molecule has 2 aromatic carbocycles. The Morgan fingerprint density at radius 3 is 2.62 bits per heavy atom. The topological polar surface area (TPSA) is 58.6 Å². The number of hydrogen-bond donors (Lipinski definition) is 1. The molecule has 1 heterocycles. The van der Waals surface area contributed by atoms with Crippen LogP contribution >= 0.6 is 0 Å². The lowest BCUT2D eigenvalue weighted by molar-refractivity contribution is 0.0944. The van der Waals surface area contributed by atoms with E-state index in [1.54, 1.807) is 13.1 Å². The van der Waals surface area contributed by atoms with Crippen LogP contribution in [-0.2, 0) is 4.74 Å². The zero-order chi connectivity index (χ0) is 16.9. The van der Waals surface area contributed by atoms with E-state index in [1.807, 2.05) is 48.5 Å². The predicted octanol–water partition coefficient (Wildman–Crippen LogP) is 2.92. The SMILES string of the molecule is CN1CC(CCNC(=O)c2cccc(-c3ccccc3)c2)OC1=O. The van der Waals surface area contributed by atoms with Gasteiger partial charge in [0.1, 0.15) is 6.10 Å². The summed E-state index contributed by atoms with van der Waals surface area (Å²) < 4.78 is 5.17. The number of benzene rings is 2. The average molecular weight is 324 g/mol. The lowest BCUT2D eigenvalue weighted by Crippen LogP contribution is -2.28. The van der Waals surface area contributed by atoms with Crippen molar-refractivity contribution in [2.45, 2.75) is 12.5 Å². The van der Waals surface area contributed by atoms with Crippen LogP contribution in [0.3, 0.4) is 0 Å². The molecular weight excluding hydrogens is 304 g/mol. The van der Waals surface area contributed by atoms with Crippen LogP contribution in [0.5, 0.6) is 0 Å². The Morgan fingerprint density at radius 2 is 1.92 bits per heavy atom. The van der Waals surface area contributed by atoms with E-state index < -0.39 is 0 Å². The fraction of sp³-hybridized carbons (Fsp3) is 0.263. The first-order valence-electron chi connectivity index (χ1n) is 7.99. The summed E-state index contributed by atoms with van der Waals surface area (Å²) in [5.74, 6) is -0.120. The first-order chi connectivity index (χ1) is 11.6. The van der Waals surface area contributed by atoms with Gasteiger partial charge in [0.2, 0.25) is 0 Å². The maximum atomic E-state index is 12.3. The van der Waals surface area contributed by atoms with Crippen molar-refractivity contribution < 1.29 is 14.3 Å². The number of cyclic esters (lactones) is 1. The molecule has 1 aliphatic heterocycles. The van der Waals surface area contributed by atoms with Gasteiger partial charge in [0, 0.05) is 25.6 Å². The van der Waals surface area contributed by atoms with Crippen molar-refractivity contribution in [2.75, 3.05) is 20.1 Å². The first kappa shape index (κ1) is 16.1. The number of hydrogen-bond acceptors (Lipinski definition) is 3. The van der Waals surface area contributed by atoms with E-state index in [1.165, 1.54) is 4.90 Å². The van der Waals surface area contributed by atoms with Gasteiger partial charge < -0.3 is 15.0 Å². The molecule has 0 radical (unpaired) electrons. The summed E-state index contributed by atoms with van der Waals surface area (Å²) in [6.07, 6.45) is 0.153. The van der Waals surface area contributed by atoms with Crippen LogP contribution in [0.1, 0.15) is 16.8 Å². The maximum Gasteiger partial charge on any atom is 0.409 e. The summed E-state index contributed by atoms with van der Waals surface area (Å²) in [7, 11) is 1.70. The summed E-state index contributed by atoms with van der Waals surface area (Å²) in [5.41, 5.74) is 2.71. The number of ether oxygens (including phenoxy) is 1. The fourth-order valence-corrected chi connectivity index (χ4v) is 2.72. The molecule has 0 aromatic heterocycles.